The second kappa shape index (κ2) is 7.55. The van der Waals surface area contributed by atoms with Crippen LogP contribution in [0.1, 0.15) is 31.1 Å². The van der Waals surface area contributed by atoms with E-state index in [1.807, 2.05) is 19.9 Å². The number of carbonyl (C=O) groups excluding carboxylic acids is 2. The van der Waals surface area contributed by atoms with Gasteiger partial charge in [-0.05, 0) is 44.6 Å². The van der Waals surface area contributed by atoms with E-state index in [9.17, 15) is 9.59 Å². The summed E-state index contributed by atoms with van der Waals surface area (Å²) >= 11 is 0. The number of carbonyl (C=O) groups is 2. The summed E-state index contributed by atoms with van der Waals surface area (Å²) < 4.78 is 5.06. The minimum Gasteiger partial charge on any atom is -0.463 e. The van der Waals surface area contributed by atoms with Gasteiger partial charge in [-0.15, -0.1) is 5.53 Å². The molecule has 7 nitrogen and oxygen atoms in total. The maximum Gasteiger partial charge on any atom is 0.336 e. The lowest BCUT2D eigenvalue weighted by molar-refractivity contribution is -0.138. The summed E-state index contributed by atoms with van der Waals surface area (Å²) in [5.74, 6) is -0.634. The molecule has 1 aromatic rings. The molecule has 1 aromatic heterocycles. The molecular formula is C16H20N4O3. The van der Waals surface area contributed by atoms with Gasteiger partial charge in [0.25, 0.3) is 5.91 Å². The first kappa shape index (κ1) is 16.7. The Bertz CT molecular complexity index is 653. The normalized spacial score (nSPS) is 14.4. The molecule has 122 valence electrons. The highest BCUT2D eigenvalue weighted by atomic mass is 16.5. The maximum absolute atomic E-state index is 12.0. The van der Waals surface area contributed by atoms with Gasteiger partial charge in [-0.25, -0.2) is 4.79 Å². The fourth-order valence-corrected chi connectivity index (χ4v) is 2.15. The molecule has 0 aromatic carbocycles. The molecule has 23 heavy (non-hydrogen) atoms. The Labute approximate surface area is 135 Å². The zero-order chi connectivity index (χ0) is 16.8. The smallest absolute Gasteiger partial charge is 0.336 e. The Balaban J connectivity index is 2.00. The Kier molecular flexibility index (Phi) is 5.48. The van der Waals surface area contributed by atoms with Crippen LogP contribution >= 0.6 is 0 Å². The summed E-state index contributed by atoms with van der Waals surface area (Å²) in [6, 6.07) is 3.23. The van der Waals surface area contributed by atoms with Crippen molar-refractivity contribution >= 4 is 11.9 Å². The molecule has 0 bridgehead atoms. The van der Waals surface area contributed by atoms with Crippen molar-refractivity contribution in [2.75, 3.05) is 13.2 Å². The van der Waals surface area contributed by atoms with E-state index in [4.69, 9.17) is 4.74 Å². The molecular weight excluding hydrogens is 296 g/mol. The van der Waals surface area contributed by atoms with Crippen LogP contribution < -0.4 is 11.0 Å². The number of esters is 1. The van der Waals surface area contributed by atoms with Gasteiger partial charge >= 0.3 is 5.97 Å². The molecule has 2 heterocycles. The third kappa shape index (κ3) is 4.17. The van der Waals surface area contributed by atoms with Crippen LogP contribution in [0.4, 0.5) is 0 Å². The van der Waals surface area contributed by atoms with Crippen molar-refractivity contribution in [2.45, 2.75) is 20.8 Å². The van der Waals surface area contributed by atoms with Crippen LogP contribution in [-0.4, -0.2) is 35.0 Å². The quantitative estimate of drug-likeness (QED) is 0.630. The number of nitrogens with zero attached hydrogens (tertiary/aromatic N) is 2. The summed E-state index contributed by atoms with van der Waals surface area (Å²) in [6.45, 7) is 6.15. The van der Waals surface area contributed by atoms with Crippen molar-refractivity contribution < 1.29 is 14.3 Å². The maximum atomic E-state index is 12.0. The third-order valence-electron chi connectivity index (χ3n) is 3.41. The van der Waals surface area contributed by atoms with Crippen LogP contribution in [0.3, 0.4) is 0 Å². The van der Waals surface area contributed by atoms with E-state index in [2.05, 4.69) is 15.9 Å². The van der Waals surface area contributed by atoms with Gasteiger partial charge in [0, 0.05) is 23.7 Å². The van der Waals surface area contributed by atoms with Crippen LogP contribution in [0.2, 0.25) is 0 Å². The topological polar surface area (TPSA) is 83.6 Å². The number of ether oxygens (including phenoxy) is 1. The minimum atomic E-state index is -0.346. The molecule has 1 aliphatic heterocycles. The second-order valence-electron chi connectivity index (χ2n) is 5.06. The van der Waals surface area contributed by atoms with E-state index in [-0.39, 0.29) is 11.9 Å². The molecule has 1 aliphatic rings. The van der Waals surface area contributed by atoms with Crippen molar-refractivity contribution in [3.63, 3.8) is 0 Å². The number of amides is 1. The van der Waals surface area contributed by atoms with Crippen molar-refractivity contribution in [3.05, 3.63) is 53.0 Å². The van der Waals surface area contributed by atoms with Crippen molar-refractivity contribution in [2.24, 2.45) is 0 Å². The fourth-order valence-electron chi connectivity index (χ4n) is 2.15. The predicted molar refractivity (Wildman–Crippen MR) is 84.6 cm³/mol. The fraction of sp³-hybridized carbons (Fsp3) is 0.312. The van der Waals surface area contributed by atoms with E-state index in [1.165, 1.54) is 0 Å². The summed E-state index contributed by atoms with van der Waals surface area (Å²) in [5.41, 5.74) is 8.21. The van der Waals surface area contributed by atoms with E-state index in [1.54, 1.807) is 36.5 Å². The Morgan fingerprint density at radius 3 is 2.65 bits per heavy atom. The van der Waals surface area contributed by atoms with Crippen LogP contribution in [0.15, 0.2) is 47.4 Å². The largest absolute Gasteiger partial charge is 0.463 e. The van der Waals surface area contributed by atoms with Crippen molar-refractivity contribution in [1.29, 1.82) is 0 Å². The first-order valence-corrected chi connectivity index (χ1v) is 7.31. The van der Waals surface area contributed by atoms with Crippen LogP contribution in [-0.2, 0) is 9.53 Å². The van der Waals surface area contributed by atoms with Gasteiger partial charge in [-0.3, -0.25) is 20.2 Å². The molecule has 0 saturated heterocycles. The van der Waals surface area contributed by atoms with E-state index in [0.717, 1.165) is 11.3 Å². The van der Waals surface area contributed by atoms with Gasteiger partial charge in [0.2, 0.25) is 0 Å². The number of rotatable bonds is 5. The highest BCUT2D eigenvalue weighted by Gasteiger charge is 2.22. The molecule has 0 fully saturated rings. The molecule has 0 saturated carbocycles. The lowest BCUT2D eigenvalue weighted by atomic mass is 10.0. The van der Waals surface area contributed by atoms with Crippen LogP contribution in [0.25, 0.3) is 0 Å². The molecule has 2 rings (SSSR count). The summed E-state index contributed by atoms with van der Waals surface area (Å²) in [4.78, 5) is 27.9. The number of aromatic nitrogens is 1. The molecule has 0 aliphatic carbocycles. The first-order valence-electron chi connectivity index (χ1n) is 7.31. The van der Waals surface area contributed by atoms with Crippen LogP contribution in [0, 0.1) is 0 Å². The molecule has 2 N–H and O–H groups in total. The number of allylic oxidation sites excluding steroid dienone is 3. The standard InChI is InChI=1S/C16H20N4O3/c1-4-23-16(22)14-10-20(12(3)9-11(14)2)19-18-15(21)13-5-7-17-8-6-13/h5-9,19H,4,10H2,1-3H3,(H,18,21). The summed E-state index contributed by atoms with van der Waals surface area (Å²) in [6.07, 6.45) is 4.96. The molecule has 0 unspecified atom stereocenters. The monoisotopic (exact) mass is 316 g/mol. The highest BCUT2D eigenvalue weighted by molar-refractivity contribution is 5.93. The Morgan fingerprint density at radius 2 is 2.00 bits per heavy atom. The van der Waals surface area contributed by atoms with Gasteiger partial charge in [0.1, 0.15) is 0 Å². The predicted octanol–water partition coefficient (Wildman–Crippen LogP) is 1.33. The van der Waals surface area contributed by atoms with Gasteiger partial charge in [-0.2, -0.15) is 0 Å². The summed E-state index contributed by atoms with van der Waals surface area (Å²) in [7, 11) is 0. The molecule has 1 amide bonds. The SMILES string of the molecule is CCOC(=O)C1=C(C)C=C(C)N(NNC(=O)c2ccncc2)C1. The van der Waals surface area contributed by atoms with Crippen molar-refractivity contribution in [3.8, 4) is 0 Å². The van der Waals surface area contributed by atoms with E-state index >= 15 is 0 Å². The zero-order valence-corrected chi connectivity index (χ0v) is 13.4. The Hall–Kier alpha value is -2.67. The van der Waals surface area contributed by atoms with Gasteiger partial charge in [0.05, 0.1) is 18.7 Å². The van der Waals surface area contributed by atoms with Crippen LogP contribution in [0.5, 0.6) is 0 Å². The average molecular weight is 316 g/mol. The van der Waals surface area contributed by atoms with Gasteiger partial charge < -0.3 is 4.74 Å². The highest BCUT2D eigenvalue weighted by Crippen LogP contribution is 2.19. The number of hydrogen-bond acceptors (Lipinski definition) is 6. The number of pyridine rings is 1. The zero-order valence-electron chi connectivity index (χ0n) is 13.4. The number of hydrogen-bond donors (Lipinski definition) is 2. The first-order chi connectivity index (χ1) is 11.0. The molecule has 0 spiro atoms. The average Bonchev–Trinajstić information content (AvgIpc) is 2.54. The third-order valence-corrected chi connectivity index (χ3v) is 3.41. The lowest BCUT2D eigenvalue weighted by Crippen LogP contribution is -2.50. The number of nitrogens with one attached hydrogen (secondary N) is 2. The molecule has 0 radical (unpaired) electrons. The molecule has 0 atom stereocenters. The molecule has 7 heteroatoms. The summed E-state index contributed by atoms with van der Waals surface area (Å²) in [5, 5.41) is 1.68. The van der Waals surface area contributed by atoms with E-state index < -0.39 is 0 Å². The second-order valence-corrected chi connectivity index (χ2v) is 5.06. The van der Waals surface area contributed by atoms with Gasteiger partial charge in [0.15, 0.2) is 0 Å². The van der Waals surface area contributed by atoms with Gasteiger partial charge in [-0.1, -0.05) is 0 Å². The minimum absolute atomic E-state index is 0.288. The van der Waals surface area contributed by atoms with E-state index in [0.29, 0.717) is 24.3 Å². The number of hydrazine groups is 2. The lowest BCUT2D eigenvalue weighted by Gasteiger charge is -2.30. The Morgan fingerprint density at radius 1 is 1.30 bits per heavy atom. The van der Waals surface area contributed by atoms with Crippen molar-refractivity contribution in [1.82, 2.24) is 21.0 Å².